The minimum absolute atomic E-state index is 0.148. The number of sulfonamides is 1. The van der Waals surface area contributed by atoms with Gasteiger partial charge in [-0.25, -0.2) is 13.1 Å². The zero-order chi connectivity index (χ0) is 13.9. The molecule has 0 atom stereocenters. The lowest BCUT2D eigenvalue weighted by atomic mass is 10.2. The predicted octanol–water partition coefficient (Wildman–Crippen LogP) is 2.70. The molecule has 100 valence electrons. The molecule has 0 aliphatic heterocycles. The summed E-state index contributed by atoms with van der Waals surface area (Å²) in [5.41, 5.74) is 2.14. The van der Waals surface area contributed by atoms with Crippen molar-refractivity contribution in [3.63, 3.8) is 0 Å². The van der Waals surface area contributed by atoms with E-state index in [1.807, 2.05) is 30.3 Å². The van der Waals surface area contributed by atoms with E-state index < -0.39 is 10.0 Å². The second kappa shape index (κ2) is 5.27. The van der Waals surface area contributed by atoms with E-state index in [1.165, 1.54) is 6.08 Å². The summed E-state index contributed by atoms with van der Waals surface area (Å²) < 4.78 is 30.9. The molecule has 0 bridgehead atoms. The fraction of sp³-hybridized carbons (Fsp3) is 0.154. The molecule has 1 N–H and O–H groups in total. The number of anilines is 1. The number of nitrogens with one attached hydrogen (secondary N) is 1. The lowest BCUT2D eigenvalue weighted by Crippen LogP contribution is -2.09. The van der Waals surface area contributed by atoms with Crippen LogP contribution in [0.2, 0.25) is 0 Å². The number of hydrogen-bond donors (Lipinski definition) is 1. The Morgan fingerprint density at radius 2 is 1.89 bits per heavy atom. The van der Waals surface area contributed by atoms with E-state index >= 15 is 0 Å². The third kappa shape index (κ3) is 3.45. The smallest absolute Gasteiger partial charge is 0.257 e. The Bertz CT molecular complexity index is 688. The molecule has 2 rings (SSSR count). The highest BCUT2D eigenvalue weighted by Crippen LogP contribution is 2.19. The standard InChI is InChI=1S/C13H14N2O3S/c1-10-11(2)14-18-13(10)15-19(16,17)9-8-12-6-4-3-5-7-12/h3-9,15H,1-2H3/b9-8+. The highest BCUT2D eigenvalue weighted by Gasteiger charge is 2.13. The molecular weight excluding hydrogens is 264 g/mol. The minimum Gasteiger partial charge on any atom is -0.337 e. The molecule has 0 saturated heterocycles. The Morgan fingerprint density at radius 3 is 2.47 bits per heavy atom. The van der Waals surface area contributed by atoms with E-state index in [4.69, 9.17) is 4.52 Å². The second-order valence-electron chi connectivity index (χ2n) is 4.08. The zero-order valence-corrected chi connectivity index (χ0v) is 11.4. The third-order valence-electron chi connectivity index (χ3n) is 2.63. The maximum atomic E-state index is 11.8. The number of benzene rings is 1. The summed E-state index contributed by atoms with van der Waals surface area (Å²) in [6.07, 6.45) is 1.51. The number of aromatic nitrogens is 1. The zero-order valence-electron chi connectivity index (χ0n) is 10.6. The summed E-state index contributed by atoms with van der Waals surface area (Å²) in [5.74, 6) is 0.148. The molecule has 6 heteroatoms. The lowest BCUT2D eigenvalue weighted by Gasteiger charge is -2.00. The van der Waals surface area contributed by atoms with Gasteiger partial charge in [-0.15, -0.1) is 0 Å². The van der Waals surface area contributed by atoms with Crippen LogP contribution in [0, 0.1) is 13.8 Å². The first-order valence-corrected chi connectivity index (χ1v) is 7.21. The Labute approximate surface area is 112 Å². The molecule has 19 heavy (non-hydrogen) atoms. The first kappa shape index (κ1) is 13.4. The van der Waals surface area contributed by atoms with E-state index in [0.29, 0.717) is 11.3 Å². The van der Waals surface area contributed by atoms with Gasteiger partial charge < -0.3 is 4.52 Å². The van der Waals surface area contributed by atoms with Crippen molar-refractivity contribution in [3.8, 4) is 0 Å². The molecule has 0 aliphatic carbocycles. The Hall–Kier alpha value is -2.08. The second-order valence-corrected chi connectivity index (χ2v) is 5.65. The first-order chi connectivity index (χ1) is 8.98. The van der Waals surface area contributed by atoms with Crippen molar-refractivity contribution in [1.82, 2.24) is 5.16 Å². The maximum Gasteiger partial charge on any atom is 0.257 e. The molecule has 0 fully saturated rings. The van der Waals surface area contributed by atoms with Gasteiger partial charge in [0, 0.05) is 5.56 Å². The van der Waals surface area contributed by atoms with Gasteiger partial charge in [0.25, 0.3) is 10.0 Å². The molecule has 0 saturated carbocycles. The molecule has 0 unspecified atom stereocenters. The van der Waals surface area contributed by atoms with Gasteiger partial charge in [-0.3, -0.25) is 0 Å². The van der Waals surface area contributed by atoms with Gasteiger partial charge in [0.2, 0.25) is 5.88 Å². The van der Waals surface area contributed by atoms with Gasteiger partial charge in [0.1, 0.15) is 0 Å². The Balaban J connectivity index is 2.16. The van der Waals surface area contributed by atoms with Crippen LogP contribution in [0.1, 0.15) is 16.8 Å². The predicted molar refractivity (Wildman–Crippen MR) is 74.0 cm³/mol. The molecule has 0 amide bonds. The van der Waals surface area contributed by atoms with Crippen LogP contribution in [-0.2, 0) is 10.0 Å². The fourth-order valence-corrected chi connectivity index (χ4v) is 2.26. The maximum absolute atomic E-state index is 11.8. The normalized spacial score (nSPS) is 11.9. The van der Waals surface area contributed by atoms with Gasteiger partial charge in [-0.2, -0.15) is 0 Å². The highest BCUT2D eigenvalue weighted by atomic mass is 32.2. The fourth-order valence-electron chi connectivity index (χ4n) is 1.41. The van der Waals surface area contributed by atoms with Gasteiger partial charge in [-0.05, 0) is 25.5 Å². The van der Waals surface area contributed by atoms with Crippen LogP contribution in [0.25, 0.3) is 6.08 Å². The van der Waals surface area contributed by atoms with Gasteiger partial charge in [0.05, 0.1) is 11.1 Å². The van der Waals surface area contributed by atoms with Crippen LogP contribution < -0.4 is 4.72 Å². The van der Waals surface area contributed by atoms with Crippen molar-refractivity contribution < 1.29 is 12.9 Å². The minimum atomic E-state index is -3.61. The third-order valence-corrected chi connectivity index (χ3v) is 3.60. The quantitative estimate of drug-likeness (QED) is 0.933. The summed E-state index contributed by atoms with van der Waals surface area (Å²) in [4.78, 5) is 0. The van der Waals surface area contributed by atoms with Crippen molar-refractivity contribution in [2.24, 2.45) is 0 Å². The van der Waals surface area contributed by atoms with Gasteiger partial charge in [-0.1, -0.05) is 35.5 Å². The summed E-state index contributed by atoms with van der Waals surface area (Å²) in [6, 6.07) is 9.17. The summed E-state index contributed by atoms with van der Waals surface area (Å²) in [7, 11) is -3.61. The molecule has 1 aromatic heterocycles. The van der Waals surface area contributed by atoms with Crippen molar-refractivity contribution in [1.29, 1.82) is 0 Å². The SMILES string of the molecule is Cc1noc(NS(=O)(=O)/C=C/c2ccccc2)c1C. The monoisotopic (exact) mass is 278 g/mol. The average Bonchev–Trinajstić information content (AvgIpc) is 2.69. The van der Waals surface area contributed by atoms with E-state index in [1.54, 1.807) is 13.8 Å². The van der Waals surface area contributed by atoms with E-state index in [2.05, 4.69) is 9.88 Å². The number of nitrogens with zero attached hydrogens (tertiary/aromatic N) is 1. The van der Waals surface area contributed by atoms with Crippen LogP contribution in [0.3, 0.4) is 0 Å². The number of rotatable bonds is 4. The van der Waals surface area contributed by atoms with Crippen LogP contribution in [0.5, 0.6) is 0 Å². The van der Waals surface area contributed by atoms with Gasteiger partial charge in [0.15, 0.2) is 0 Å². The molecule has 0 radical (unpaired) electrons. The first-order valence-electron chi connectivity index (χ1n) is 5.67. The molecule has 1 aromatic carbocycles. The molecular formula is C13H14N2O3S. The summed E-state index contributed by atoms with van der Waals surface area (Å²) in [6.45, 7) is 3.49. The summed E-state index contributed by atoms with van der Waals surface area (Å²) in [5, 5.41) is 4.79. The lowest BCUT2D eigenvalue weighted by molar-refractivity contribution is 0.430. The molecule has 2 aromatic rings. The topological polar surface area (TPSA) is 72.2 Å². The van der Waals surface area contributed by atoms with Crippen molar-refractivity contribution in [3.05, 3.63) is 52.6 Å². The molecule has 5 nitrogen and oxygen atoms in total. The number of hydrogen-bond acceptors (Lipinski definition) is 4. The highest BCUT2D eigenvalue weighted by molar-refractivity contribution is 7.95. The van der Waals surface area contributed by atoms with E-state index in [9.17, 15) is 8.42 Å². The number of aryl methyl sites for hydroxylation is 1. The van der Waals surface area contributed by atoms with Crippen LogP contribution >= 0.6 is 0 Å². The van der Waals surface area contributed by atoms with Crippen LogP contribution in [0.4, 0.5) is 5.88 Å². The van der Waals surface area contributed by atoms with Gasteiger partial charge >= 0.3 is 0 Å². The average molecular weight is 278 g/mol. The largest absolute Gasteiger partial charge is 0.337 e. The van der Waals surface area contributed by atoms with E-state index in [0.717, 1.165) is 11.0 Å². The van der Waals surface area contributed by atoms with Crippen molar-refractivity contribution in [2.75, 3.05) is 4.72 Å². The van der Waals surface area contributed by atoms with Crippen LogP contribution in [0.15, 0.2) is 40.3 Å². The van der Waals surface area contributed by atoms with Crippen molar-refractivity contribution >= 4 is 22.0 Å². The van der Waals surface area contributed by atoms with Crippen molar-refractivity contribution in [2.45, 2.75) is 13.8 Å². The Morgan fingerprint density at radius 1 is 1.21 bits per heavy atom. The Kier molecular flexibility index (Phi) is 3.71. The molecule has 1 heterocycles. The summed E-state index contributed by atoms with van der Waals surface area (Å²) >= 11 is 0. The molecule has 0 spiro atoms. The van der Waals surface area contributed by atoms with E-state index in [-0.39, 0.29) is 5.88 Å². The van der Waals surface area contributed by atoms with Crippen LogP contribution in [-0.4, -0.2) is 13.6 Å². The molecule has 0 aliphatic rings.